The van der Waals surface area contributed by atoms with Crippen LogP contribution in [0.2, 0.25) is 0 Å². The molecule has 1 N–H and O–H groups in total. The van der Waals surface area contributed by atoms with E-state index in [1.807, 2.05) is 0 Å². The van der Waals surface area contributed by atoms with E-state index in [2.05, 4.69) is 0 Å². The van der Waals surface area contributed by atoms with Gasteiger partial charge in [0.2, 0.25) is 5.91 Å². The Morgan fingerprint density at radius 2 is 2.00 bits per heavy atom. The van der Waals surface area contributed by atoms with Crippen LogP contribution in [0, 0.1) is 5.92 Å². The molecule has 11 heavy (non-hydrogen) atoms. The SMILES string of the molecule is [NH]C(=O)CCCC1CCCC1. The smallest absolute Gasteiger partial charge is 0.238 e. The summed E-state index contributed by atoms with van der Waals surface area (Å²) in [6.45, 7) is 0. The summed E-state index contributed by atoms with van der Waals surface area (Å²) < 4.78 is 0. The highest BCUT2D eigenvalue weighted by atomic mass is 16.1. The Morgan fingerprint density at radius 1 is 1.36 bits per heavy atom. The van der Waals surface area contributed by atoms with Gasteiger partial charge in [-0.3, -0.25) is 10.5 Å². The summed E-state index contributed by atoms with van der Waals surface area (Å²) in [5.41, 5.74) is 6.71. The van der Waals surface area contributed by atoms with Crippen molar-refractivity contribution in [2.24, 2.45) is 5.92 Å². The molecule has 1 saturated carbocycles. The second-order valence-corrected chi connectivity index (χ2v) is 3.47. The zero-order valence-corrected chi connectivity index (χ0v) is 6.94. The largest absolute Gasteiger partial charge is 0.273 e. The maximum absolute atomic E-state index is 10.3. The molecule has 1 aliphatic carbocycles. The molecule has 0 atom stereocenters. The summed E-state index contributed by atoms with van der Waals surface area (Å²) in [5.74, 6) is 0.470. The van der Waals surface area contributed by atoms with Crippen LogP contribution in [0.5, 0.6) is 0 Å². The summed E-state index contributed by atoms with van der Waals surface area (Å²) in [6.07, 6.45) is 8.03. The summed E-state index contributed by atoms with van der Waals surface area (Å²) in [5, 5.41) is 0. The third kappa shape index (κ3) is 3.40. The van der Waals surface area contributed by atoms with Crippen molar-refractivity contribution in [1.82, 2.24) is 5.73 Å². The first-order valence-electron chi connectivity index (χ1n) is 4.53. The molecule has 2 heteroatoms. The highest BCUT2D eigenvalue weighted by Crippen LogP contribution is 2.28. The maximum atomic E-state index is 10.3. The van der Waals surface area contributed by atoms with Crippen LogP contribution in [0.4, 0.5) is 0 Å². The first-order chi connectivity index (χ1) is 5.29. The van der Waals surface area contributed by atoms with Gasteiger partial charge in [0, 0.05) is 6.42 Å². The summed E-state index contributed by atoms with van der Waals surface area (Å²) in [4.78, 5) is 10.3. The minimum absolute atomic E-state index is 0.400. The van der Waals surface area contributed by atoms with E-state index in [1.165, 1.54) is 32.1 Å². The molecule has 0 aromatic rings. The molecule has 1 fully saturated rings. The number of hydrogen-bond donors (Lipinski definition) is 0. The van der Waals surface area contributed by atoms with Gasteiger partial charge in [-0.25, -0.2) is 0 Å². The van der Waals surface area contributed by atoms with Crippen molar-refractivity contribution in [2.75, 3.05) is 0 Å². The molecular formula is C9H16NO. The quantitative estimate of drug-likeness (QED) is 0.611. The number of carbonyl (C=O) groups is 1. The fraction of sp³-hybridized carbons (Fsp3) is 0.889. The van der Waals surface area contributed by atoms with Crippen molar-refractivity contribution in [1.29, 1.82) is 0 Å². The highest BCUT2D eigenvalue weighted by molar-refractivity contribution is 5.72. The first kappa shape index (κ1) is 8.57. The number of amides is 1. The Balaban J connectivity index is 1.98. The van der Waals surface area contributed by atoms with E-state index in [4.69, 9.17) is 5.73 Å². The molecule has 0 heterocycles. The van der Waals surface area contributed by atoms with Gasteiger partial charge in [0.25, 0.3) is 0 Å². The van der Waals surface area contributed by atoms with Gasteiger partial charge in [-0.2, -0.15) is 0 Å². The van der Waals surface area contributed by atoms with Gasteiger partial charge in [-0.1, -0.05) is 25.7 Å². The van der Waals surface area contributed by atoms with E-state index in [0.29, 0.717) is 6.42 Å². The van der Waals surface area contributed by atoms with E-state index >= 15 is 0 Å². The number of carbonyl (C=O) groups excluding carboxylic acids is 1. The Labute approximate surface area is 68.2 Å². The first-order valence-corrected chi connectivity index (χ1v) is 4.53. The van der Waals surface area contributed by atoms with Crippen molar-refractivity contribution in [3.05, 3.63) is 0 Å². The fourth-order valence-electron chi connectivity index (χ4n) is 1.85. The van der Waals surface area contributed by atoms with Crippen LogP contribution in [-0.2, 0) is 4.79 Å². The zero-order valence-electron chi connectivity index (χ0n) is 6.94. The summed E-state index contributed by atoms with van der Waals surface area (Å²) in [6, 6.07) is 0. The lowest BCUT2D eigenvalue weighted by atomic mass is 10.0. The molecule has 2 nitrogen and oxygen atoms in total. The molecule has 0 aromatic carbocycles. The van der Waals surface area contributed by atoms with Crippen molar-refractivity contribution < 1.29 is 4.79 Å². The van der Waals surface area contributed by atoms with Crippen LogP contribution < -0.4 is 5.73 Å². The normalized spacial score (nSPS) is 18.9. The predicted octanol–water partition coefficient (Wildman–Crippen LogP) is 2.16. The van der Waals surface area contributed by atoms with E-state index in [1.54, 1.807) is 0 Å². The molecule has 63 valence electrons. The molecule has 1 rings (SSSR count). The molecule has 1 aliphatic rings. The summed E-state index contributed by atoms with van der Waals surface area (Å²) >= 11 is 0. The van der Waals surface area contributed by atoms with Crippen molar-refractivity contribution in [2.45, 2.75) is 44.9 Å². The second kappa shape index (κ2) is 4.37. The van der Waals surface area contributed by atoms with E-state index in [0.717, 1.165) is 12.3 Å². The molecular weight excluding hydrogens is 138 g/mol. The van der Waals surface area contributed by atoms with Gasteiger partial charge in [-0.15, -0.1) is 0 Å². The van der Waals surface area contributed by atoms with Gasteiger partial charge in [0.15, 0.2) is 0 Å². The molecule has 0 unspecified atom stereocenters. The standard InChI is InChI=1S/C9H16NO/c10-9(11)7-3-6-8-4-1-2-5-8/h8,10H,1-7H2. The maximum Gasteiger partial charge on any atom is 0.238 e. The fourth-order valence-corrected chi connectivity index (χ4v) is 1.85. The Kier molecular flexibility index (Phi) is 3.40. The van der Waals surface area contributed by atoms with E-state index in [-0.39, 0.29) is 0 Å². The van der Waals surface area contributed by atoms with Crippen LogP contribution in [0.3, 0.4) is 0 Å². The van der Waals surface area contributed by atoms with Crippen LogP contribution >= 0.6 is 0 Å². The van der Waals surface area contributed by atoms with Gasteiger partial charge < -0.3 is 0 Å². The average molecular weight is 154 g/mol. The van der Waals surface area contributed by atoms with Gasteiger partial charge >= 0.3 is 0 Å². The van der Waals surface area contributed by atoms with E-state index < -0.39 is 5.91 Å². The Hall–Kier alpha value is -0.530. The van der Waals surface area contributed by atoms with Crippen molar-refractivity contribution in [3.8, 4) is 0 Å². The third-order valence-corrected chi connectivity index (χ3v) is 2.49. The molecule has 0 aromatic heterocycles. The second-order valence-electron chi connectivity index (χ2n) is 3.47. The van der Waals surface area contributed by atoms with Gasteiger partial charge in [0.05, 0.1) is 0 Å². The lowest BCUT2D eigenvalue weighted by Crippen LogP contribution is -1.99. The average Bonchev–Trinajstić information content (AvgIpc) is 2.39. The monoisotopic (exact) mass is 154 g/mol. The van der Waals surface area contributed by atoms with Gasteiger partial charge in [-0.05, 0) is 18.8 Å². The van der Waals surface area contributed by atoms with Gasteiger partial charge in [0.1, 0.15) is 0 Å². The minimum Gasteiger partial charge on any atom is -0.273 e. The number of hydrogen-bond acceptors (Lipinski definition) is 1. The van der Waals surface area contributed by atoms with Crippen LogP contribution in [-0.4, -0.2) is 5.91 Å². The Morgan fingerprint density at radius 3 is 2.55 bits per heavy atom. The minimum atomic E-state index is -0.400. The lowest BCUT2D eigenvalue weighted by molar-refractivity contribution is -0.118. The molecule has 0 bridgehead atoms. The Bertz CT molecular complexity index is 128. The molecule has 1 radical (unpaired) electrons. The van der Waals surface area contributed by atoms with E-state index in [9.17, 15) is 4.79 Å². The molecule has 0 aliphatic heterocycles. The lowest BCUT2D eigenvalue weighted by Gasteiger charge is -2.05. The highest BCUT2D eigenvalue weighted by Gasteiger charge is 2.14. The zero-order chi connectivity index (χ0) is 8.10. The third-order valence-electron chi connectivity index (χ3n) is 2.49. The number of rotatable bonds is 4. The number of nitrogens with one attached hydrogen (secondary N) is 1. The van der Waals surface area contributed by atoms with Crippen LogP contribution in [0.25, 0.3) is 0 Å². The summed E-state index contributed by atoms with van der Waals surface area (Å²) in [7, 11) is 0. The van der Waals surface area contributed by atoms with Crippen LogP contribution in [0.1, 0.15) is 44.9 Å². The molecule has 1 amide bonds. The predicted molar refractivity (Wildman–Crippen MR) is 43.9 cm³/mol. The van der Waals surface area contributed by atoms with Crippen LogP contribution in [0.15, 0.2) is 0 Å². The van der Waals surface area contributed by atoms with Crippen molar-refractivity contribution >= 4 is 5.91 Å². The molecule has 0 saturated heterocycles. The molecule has 0 spiro atoms. The topological polar surface area (TPSA) is 40.9 Å². The van der Waals surface area contributed by atoms with Crippen molar-refractivity contribution in [3.63, 3.8) is 0 Å².